The third kappa shape index (κ3) is 39.3. The monoisotopic (exact) mass is 1840 g/mol. The molecule has 10 rings (SSSR count). The predicted octanol–water partition coefficient (Wildman–Crippen LogP) is 6.36. The first-order valence-electron chi connectivity index (χ1n) is 41.5. The summed E-state index contributed by atoms with van der Waals surface area (Å²) >= 11 is 2.62. The summed E-state index contributed by atoms with van der Waals surface area (Å²) in [6, 6.07) is 19.9. The summed E-state index contributed by atoms with van der Waals surface area (Å²) < 4.78 is 61.2. The molecule has 11 N–H and O–H groups in total. The van der Waals surface area contributed by atoms with Gasteiger partial charge in [-0.05, 0) is 150 Å². The van der Waals surface area contributed by atoms with Crippen LogP contribution >= 0.6 is 0 Å². The predicted molar refractivity (Wildman–Crippen MR) is 445 cm³/mol. The van der Waals surface area contributed by atoms with Crippen molar-refractivity contribution in [1.29, 1.82) is 4.21 Å². The average Bonchev–Trinajstić information content (AvgIpc) is 1.64. The van der Waals surface area contributed by atoms with Crippen LogP contribution in [0.5, 0.6) is 5.75 Å². The molecule has 6 heterocycles. The number of nitrogens with one attached hydrogen (secondary N) is 7. The second kappa shape index (κ2) is 58.1. The SMILES string of the molecule is CC.CC(C)(C)OC(=O)NCCOCCOCCCC(=O)CCc1ccc2c(c1)CN(C1CCC(=O)NC1=O)C2=O.CC(C)(C)OC(=O)NCCOCCOCCNC(=O)Oc1ccc([N+](=O)[O-])cc1.NCCOCCOCCCC(=O)CCc1ccc2c(c1)CN(C1CCC(=O)NC1=O)C2=O.NCc1ccc2c(c1)CN(C1CCC(=O)NC1=O)C2=O.[NH]=[V].[O]=[V]. The number of piperidine rings is 3. The van der Waals surface area contributed by atoms with E-state index in [0.717, 1.165) is 50.7 Å². The number of nitrogens with zero attached hydrogens (tertiary/aromatic N) is 4. The molecule has 4 aromatic carbocycles. The van der Waals surface area contributed by atoms with Gasteiger partial charge in [-0.1, -0.05) is 50.2 Å². The molecular formula is C85H119N13O26V2. The van der Waals surface area contributed by atoms with E-state index in [1.165, 1.54) is 39.0 Å². The van der Waals surface area contributed by atoms with E-state index in [-0.39, 0.29) is 96.8 Å². The maximum absolute atomic E-state index is 12.8. The van der Waals surface area contributed by atoms with Gasteiger partial charge in [0.1, 0.15) is 46.6 Å². The molecule has 126 heavy (non-hydrogen) atoms. The number of amides is 12. The Morgan fingerprint density at radius 2 is 0.778 bits per heavy atom. The van der Waals surface area contributed by atoms with Gasteiger partial charge in [0, 0.05) is 139 Å². The minimum absolute atomic E-state index is 0.0889. The van der Waals surface area contributed by atoms with E-state index in [1.54, 1.807) is 77.0 Å². The number of non-ortho nitro benzene ring substituents is 1. The summed E-state index contributed by atoms with van der Waals surface area (Å²) in [6.45, 7) is 22.5. The molecule has 6 aliphatic heterocycles. The van der Waals surface area contributed by atoms with Gasteiger partial charge in [0.25, 0.3) is 23.4 Å². The zero-order valence-electron chi connectivity index (χ0n) is 72.7. The standard InChI is InChI=1S/C28H39N3O8.C23H31N3O6.C18H27N3O8.C14H15N3O3.C2H6.HN.O.2V/c1-28(2,3)39-27(36)29-12-14-38-16-15-37-13-4-5-21(32)8-6-19-7-9-22-20(17-19)18-31(26(22)35)23-10-11-24(33)30-25(23)34;24-9-11-32-13-12-31-10-1-2-18(27)5-3-16-4-6-19-17(14-16)15-26(23(19)30)20-7-8-21(28)25-22(20)29;1-18(2,3)29-17(23)20-9-11-27-13-12-26-10-8-19-16(22)28-15-6-4-14(5-7-15)21(24)25;15-6-8-1-2-10-9(5-8)7-17(14(10)20)11-3-4-12(18)16-13(11)19;1-2;;;;/h7,9,17,23H,4-6,8,10-16,18H2,1-3H3,(H,29,36)(H,30,33,34);4,6,14,20H,1-3,5,7-13,15,24H2,(H,25,28,29);4-7H,8-13H2,1-3H3,(H,19,22)(H,20,23);1-2,5,11H,3-4,6-7,15H2,(H,16,18,19);1-2H3;1H;;;. The normalized spacial score (nSPS) is 16.0. The van der Waals surface area contributed by atoms with Crippen molar-refractivity contribution >= 4 is 88.7 Å². The molecule has 39 nitrogen and oxygen atoms in total. The summed E-state index contributed by atoms with van der Waals surface area (Å²) in [5.41, 5.74) is 17.0. The topological polar surface area (TPSA) is 540 Å². The minimum atomic E-state index is -0.688. The number of imide groups is 3. The molecule has 3 saturated heterocycles. The summed E-state index contributed by atoms with van der Waals surface area (Å²) in [6.07, 6.45) is 4.32. The number of alkyl carbamates (subject to hydrolysis) is 2. The fourth-order valence-electron chi connectivity index (χ4n) is 13.0. The molecule has 0 radical (unpaired) electrons. The van der Waals surface area contributed by atoms with Crippen LogP contribution in [0, 0.1) is 14.3 Å². The number of hydrogen-bond acceptors (Lipinski definition) is 29. The molecule has 3 unspecified atom stereocenters. The molecule has 690 valence electrons. The number of nitro benzene ring substituents is 1. The number of ketones is 2. The third-order valence-electron chi connectivity index (χ3n) is 18.9. The quantitative estimate of drug-likeness (QED) is 0.0101. The number of hydrogen-bond donors (Lipinski definition) is 9. The van der Waals surface area contributed by atoms with Crippen LogP contribution in [0.15, 0.2) is 78.9 Å². The van der Waals surface area contributed by atoms with Crippen molar-refractivity contribution in [2.24, 2.45) is 11.5 Å². The Balaban J connectivity index is 0.000000352. The van der Waals surface area contributed by atoms with Gasteiger partial charge in [0.15, 0.2) is 0 Å². The zero-order valence-corrected chi connectivity index (χ0v) is 75.5. The molecule has 6 aliphatic rings. The van der Waals surface area contributed by atoms with Crippen molar-refractivity contribution in [3.8, 4) is 5.75 Å². The van der Waals surface area contributed by atoms with Crippen molar-refractivity contribution in [2.45, 2.75) is 201 Å². The molecule has 12 amide bonds. The number of aryl methyl sites for hydroxylation is 2. The number of ether oxygens (including phenoxy) is 9. The van der Waals surface area contributed by atoms with E-state index in [9.17, 15) is 77.2 Å². The Hall–Kier alpha value is -10.3. The van der Waals surface area contributed by atoms with Gasteiger partial charge in [-0.15, -0.1) is 0 Å². The molecular weight excluding hydrogens is 1720 g/mol. The Morgan fingerprint density at radius 3 is 1.10 bits per heavy atom. The number of benzene rings is 4. The Bertz CT molecular complexity index is 4300. The molecule has 0 bridgehead atoms. The summed E-state index contributed by atoms with van der Waals surface area (Å²) in [7, 11) is 0. The van der Waals surface area contributed by atoms with Crippen LogP contribution in [-0.4, -0.2) is 237 Å². The van der Waals surface area contributed by atoms with Gasteiger partial charge < -0.3 is 84.7 Å². The molecule has 3 fully saturated rings. The number of Topliss-reactive ketones (excluding diaryl/α,β-unsaturated/α-hetero) is 2. The van der Waals surface area contributed by atoms with Gasteiger partial charge >= 0.3 is 60.8 Å². The van der Waals surface area contributed by atoms with Gasteiger partial charge in [-0.25, -0.2) is 14.4 Å². The fourth-order valence-corrected chi connectivity index (χ4v) is 13.0. The van der Waals surface area contributed by atoms with Gasteiger partial charge in [0.05, 0.1) is 71.0 Å². The van der Waals surface area contributed by atoms with Crippen LogP contribution in [0.1, 0.15) is 197 Å². The van der Waals surface area contributed by atoms with Crippen LogP contribution in [0.25, 0.3) is 0 Å². The second-order valence-corrected chi connectivity index (χ2v) is 30.6. The molecule has 0 spiro atoms. The molecule has 0 aliphatic carbocycles. The third-order valence-corrected chi connectivity index (χ3v) is 18.9. The maximum atomic E-state index is 12.8. The van der Waals surface area contributed by atoms with Crippen LogP contribution in [0.2, 0.25) is 0 Å². The number of nitrogens with two attached hydrogens (primary N) is 2. The van der Waals surface area contributed by atoms with Crippen molar-refractivity contribution < 1.29 is 153 Å². The van der Waals surface area contributed by atoms with Gasteiger partial charge in [-0.3, -0.25) is 78.8 Å². The van der Waals surface area contributed by atoms with Crippen molar-refractivity contribution in [3.05, 3.63) is 139 Å². The second-order valence-electron chi connectivity index (χ2n) is 30.6. The number of rotatable bonds is 40. The summed E-state index contributed by atoms with van der Waals surface area (Å²) in [5, 5.41) is 25.1. The Labute approximate surface area is 750 Å². The van der Waals surface area contributed by atoms with E-state index in [1.807, 2.05) is 50.2 Å². The number of carbonyl (C=O) groups is 14. The molecule has 3 atom stereocenters. The molecule has 41 heteroatoms. The first-order valence-corrected chi connectivity index (χ1v) is 42.8. The summed E-state index contributed by atoms with van der Waals surface area (Å²) in [4.78, 5) is 182. The number of nitro groups is 1. The zero-order chi connectivity index (χ0) is 93.3. The Kier molecular flexibility index (Phi) is 49.9. The summed E-state index contributed by atoms with van der Waals surface area (Å²) in [5.74, 6) is -2.15. The van der Waals surface area contributed by atoms with Crippen LogP contribution in [0.3, 0.4) is 0 Å². The molecule has 4 aromatic rings. The number of carbonyl (C=O) groups excluding carboxylic acids is 14. The van der Waals surface area contributed by atoms with Crippen molar-refractivity contribution in [1.82, 2.24) is 46.6 Å². The van der Waals surface area contributed by atoms with E-state index in [4.69, 9.17) is 62.0 Å². The van der Waals surface area contributed by atoms with E-state index >= 15 is 0 Å². The van der Waals surface area contributed by atoms with Crippen LogP contribution in [-0.2, 0) is 154 Å². The van der Waals surface area contributed by atoms with Crippen molar-refractivity contribution in [3.63, 3.8) is 0 Å². The van der Waals surface area contributed by atoms with E-state index < -0.39 is 64.3 Å². The average molecular weight is 1840 g/mol. The fraction of sp³-hybridized carbons (Fsp3) is 0.553. The van der Waals surface area contributed by atoms with Gasteiger partial charge in [-0.2, -0.15) is 0 Å². The van der Waals surface area contributed by atoms with Crippen molar-refractivity contribution in [2.75, 3.05) is 105 Å². The van der Waals surface area contributed by atoms with E-state index in [0.29, 0.717) is 206 Å². The van der Waals surface area contributed by atoms with E-state index in [2.05, 4.69) is 31.9 Å². The molecule has 0 aromatic heterocycles. The van der Waals surface area contributed by atoms with Crippen LogP contribution < -0.4 is 48.1 Å². The first kappa shape index (κ1) is 108. The van der Waals surface area contributed by atoms with Crippen LogP contribution in [0.4, 0.5) is 20.1 Å². The van der Waals surface area contributed by atoms with Gasteiger partial charge in [0.2, 0.25) is 35.4 Å². The molecule has 0 saturated carbocycles. The Morgan fingerprint density at radius 1 is 0.460 bits per heavy atom. The first-order chi connectivity index (χ1) is 60.3. The number of fused-ring (bicyclic) bond motifs is 3.